The highest BCUT2D eigenvalue weighted by Crippen LogP contribution is 2.17. The van der Waals surface area contributed by atoms with Crippen LogP contribution in [0, 0.1) is 5.92 Å². The molecule has 0 radical (unpaired) electrons. The molecule has 0 saturated carbocycles. The fourth-order valence-electron chi connectivity index (χ4n) is 2.57. The van der Waals surface area contributed by atoms with E-state index in [9.17, 15) is 9.59 Å². The second kappa shape index (κ2) is 10.6. The fraction of sp³-hybridized carbons (Fsp3) is 0.318. The van der Waals surface area contributed by atoms with Crippen molar-refractivity contribution in [3.63, 3.8) is 0 Å². The van der Waals surface area contributed by atoms with Crippen molar-refractivity contribution in [1.29, 1.82) is 0 Å². The van der Waals surface area contributed by atoms with E-state index < -0.39 is 11.9 Å². The molecule has 0 bridgehead atoms. The summed E-state index contributed by atoms with van der Waals surface area (Å²) < 4.78 is 5.73. The van der Waals surface area contributed by atoms with Crippen LogP contribution in [0.5, 0.6) is 5.75 Å². The van der Waals surface area contributed by atoms with Crippen molar-refractivity contribution in [2.45, 2.75) is 39.8 Å². The molecule has 0 aliphatic carbocycles. The van der Waals surface area contributed by atoms with Crippen LogP contribution < -0.4 is 15.5 Å². The summed E-state index contributed by atoms with van der Waals surface area (Å²) in [5.74, 6) is -0.241. The number of carbonyl (C=O) groups is 2. The first-order valence-electron chi connectivity index (χ1n) is 9.43. The molecule has 0 fully saturated rings. The van der Waals surface area contributed by atoms with Crippen LogP contribution >= 0.6 is 11.6 Å². The summed E-state index contributed by atoms with van der Waals surface area (Å²) in [7, 11) is 0. The minimum absolute atomic E-state index is 0.0196. The molecule has 2 aromatic carbocycles. The summed E-state index contributed by atoms with van der Waals surface area (Å²) in [6, 6.07) is 13.2. The lowest BCUT2D eigenvalue weighted by Crippen LogP contribution is -2.48. The Balaban J connectivity index is 2.05. The molecule has 1 atom stereocenters. The predicted octanol–water partition coefficient (Wildman–Crippen LogP) is 4.03. The number of nitrogens with zero attached hydrogens (tertiary/aromatic N) is 1. The first-order valence-corrected chi connectivity index (χ1v) is 9.80. The number of hydrazone groups is 1. The number of hydrogen-bond donors (Lipinski definition) is 2. The van der Waals surface area contributed by atoms with E-state index in [0.29, 0.717) is 16.3 Å². The Labute approximate surface area is 176 Å². The van der Waals surface area contributed by atoms with Gasteiger partial charge in [-0.1, -0.05) is 43.6 Å². The molecule has 2 aromatic rings. The summed E-state index contributed by atoms with van der Waals surface area (Å²) in [5, 5.41) is 7.22. The van der Waals surface area contributed by atoms with Gasteiger partial charge in [0.2, 0.25) is 0 Å². The Morgan fingerprint density at radius 1 is 1.07 bits per heavy atom. The molecule has 7 heteroatoms. The SMILES string of the molecule is CC(C)Oc1ccccc1C=NNC(=O)C(NC(=O)c1cccc(Cl)c1)C(C)C. The standard InChI is InChI=1S/C22H26ClN3O3/c1-14(2)20(25-21(27)16-9-7-10-18(23)12-16)22(28)26-24-13-17-8-5-6-11-19(17)29-15(3)4/h5-15,20H,1-4H3,(H,25,27)(H,26,28). The summed E-state index contributed by atoms with van der Waals surface area (Å²) in [4.78, 5) is 25.0. The number of amides is 2. The first kappa shape index (κ1) is 22.4. The Morgan fingerprint density at radius 3 is 2.45 bits per heavy atom. The van der Waals surface area contributed by atoms with Crippen LogP contribution in [0.3, 0.4) is 0 Å². The number of ether oxygens (including phenoxy) is 1. The molecule has 0 aliphatic heterocycles. The third-order valence-electron chi connectivity index (χ3n) is 3.98. The van der Waals surface area contributed by atoms with Gasteiger partial charge in [0.15, 0.2) is 0 Å². The molecule has 0 heterocycles. The van der Waals surface area contributed by atoms with Crippen molar-refractivity contribution >= 4 is 29.6 Å². The maximum absolute atomic E-state index is 12.6. The van der Waals surface area contributed by atoms with Crippen molar-refractivity contribution in [2.24, 2.45) is 11.0 Å². The topological polar surface area (TPSA) is 79.8 Å². The van der Waals surface area contributed by atoms with Crippen LogP contribution in [0.2, 0.25) is 5.02 Å². The van der Waals surface area contributed by atoms with Gasteiger partial charge in [0.05, 0.1) is 12.3 Å². The maximum Gasteiger partial charge on any atom is 0.262 e. The Hall–Kier alpha value is -2.86. The number of benzene rings is 2. The molecule has 1 unspecified atom stereocenters. The van der Waals surface area contributed by atoms with Crippen molar-refractivity contribution in [3.8, 4) is 5.75 Å². The lowest BCUT2D eigenvalue weighted by molar-refractivity contribution is -0.123. The van der Waals surface area contributed by atoms with Gasteiger partial charge in [0, 0.05) is 16.1 Å². The van der Waals surface area contributed by atoms with Crippen molar-refractivity contribution in [2.75, 3.05) is 0 Å². The van der Waals surface area contributed by atoms with Gasteiger partial charge < -0.3 is 10.1 Å². The van der Waals surface area contributed by atoms with Crippen molar-refractivity contribution < 1.29 is 14.3 Å². The molecule has 2 amide bonds. The van der Waals surface area contributed by atoms with Gasteiger partial charge in [-0.2, -0.15) is 5.10 Å². The third-order valence-corrected chi connectivity index (χ3v) is 4.22. The van der Waals surface area contributed by atoms with Crippen LogP contribution in [-0.4, -0.2) is 30.2 Å². The van der Waals surface area contributed by atoms with Crippen LogP contribution in [0.1, 0.15) is 43.6 Å². The average Bonchev–Trinajstić information content (AvgIpc) is 2.66. The quantitative estimate of drug-likeness (QED) is 0.504. The summed E-state index contributed by atoms with van der Waals surface area (Å²) >= 11 is 5.93. The van der Waals surface area contributed by atoms with E-state index in [1.165, 1.54) is 6.21 Å². The second-order valence-corrected chi connectivity index (χ2v) is 7.58. The van der Waals surface area contributed by atoms with E-state index >= 15 is 0 Å². The van der Waals surface area contributed by atoms with Gasteiger partial charge in [0.1, 0.15) is 11.8 Å². The van der Waals surface area contributed by atoms with Crippen molar-refractivity contribution in [3.05, 3.63) is 64.7 Å². The molecular weight excluding hydrogens is 390 g/mol. The highest BCUT2D eigenvalue weighted by molar-refractivity contribution is 6.31. The fourth-order valence-corrected chi connectivity index (χ4v) is 2.76. The van der Waals surface area contributed by atoms with E-state index in [-0.39, 0.29) is 17.9 Å². The normalized spacial score (nSPS) is 12.2. The minimum atomic E-state index is -0.749. The van der Waals surface area contributed by atoms with Gasteiger partial charge in [-0.05, 0) is 50.1 Å². The van der Waals surface area contributed by atoms with E-state index in [2.05, 4.69) is 15.8 Å². The molecule has 2 N–H and O–H groups in total. The molecule has 0 spiro atoms. The van der Waals surface area contributed by atoms with Gasteiger partial charge >= 0.3 is 0 Å². The second-order valence-electron chi connectivity index (χ2n) is 7.14. The highest BCUT2D eigenvalue weighted by atomic mass is 35.5. The molecule has 154 valence electrons. The Kier molecular flexibility index (Phi) is 8.21. The minimum Gasteiger partial charge on any atom is -0.490 e. The Morgan fingerprint density at radius 2 is 1.79 bits per heavy atom. The van der Waals surface area contributed by atoms with Gasteiger partial charge in [-0.25, -0.2) is 5.43 Å². The van der Waals surface area contributed by atoms with Crippen molar-refractivity contribution in [1.82, 2.24) is 10.7 Å². The largest absolute Gasteiger partial charge is 0.490 e. The lowest BCUT2D eigenvalue weighted by atomic mass is 10.0. The Bertz CT molecular complexity index is 881. The molecule has 2 rings (SSSR count). The van der Waals surface area contributed by atoms with Gasteiger partial charge in [0.25, 0.3) is 11.8 Å². The number of nitrogens with one attached hydrogen (secondary N) is 2. The number of hydrogen-bond acceptors (Lipinski definition) is 4. The highest BCUT2D eigenvalue weighted by Gasteiger charge is 2.24. The zero-order valence-corrected chi connectivity index (χ0v) is 17.7. The lowest BCUT2D eigenvalue weighted by Gasteiger charge is -2.20. The zero-order valence-electron chi connectivity index (χ0n) is 17.0. The summed E-state index contributed by atoms with van der Waals surface area (Å²) in [6.07, 6.45) is 1.54. The van der Waals surface area contributed by atoms with E-state index in [4.69, 9.17) is 16.3 Å². The van der Waals surface area contributed by atoms with Gasteiger partial charge in [-0.3, -0.25) is 9.59 Å². The molecule has 29 heavy (non-hydrogen) atoms. The first-order chi connectivity index (χ1) is 13.8. The number of rotatable bonds is 8. The van der Waals surface area contributed by atoms with Gasteiger partial charge in [-0.15, -0.1) is 0 Å². The molecule has 6 nitrogen and oxygen atoms in total. The number of para-hydroxylation sites is 1. The van der Waals surface area contributed by atoms with E-state index in [1.54, 1.807) is 24.3 Å². The van der Waals surface area contributed by atoms with E-state index in [0.717, 1.165) is 5.56 Å². The molecule has 0 aromatic heterocycles. The van der Waals surface area contributed by atoms with Crippen LogP contribution in [0.4, 0.5) is 0 Å². The number of halogens is 1. The van der Waals surface area contributed by atoms with Crippen LogP contribution in [0.25, 0.3) is 0 Å². The number of carbonyl (C=O) groups excluding carboxylic acids is 2. The monoisotopic (exact) mass is 415 g/mol. The summed E-state index contributed by atoms with van der Waals surface area (Å²) in [6.45, 7) is 7.56. The molecule has 0 aliphatic rings. The maximum atomic E-state index is 12.6. The smallest absolute Gasteiger partial charge is 0.262 e. The summed E-state index contributed by atoms with van der Waals surface area (Å²) in [5.41, 5.74) is 3.62. The average molecular weight is 416 g/mol. The molecular formula is C22H26ClN3O3. The van der Waals surface area contributed by atoms with Crippen LogP contribution in [0.15, 0.2) is 53.6 Å². The zero-order chi connectivity index (χ0) is 21.4. The van der Waals surface area contributed by atoms with Crippen LogP contribution in [-0.2, 0) is 4.79 Å². The third kappa shape index (κ3) is 6.91. The molecule has 0 saturated heterocycles. The van der Waals surface area contributed by atoms with E-state index in [1.807, 2.05) is 52.0 Å². The predicted molar refractivity (Wildman–Crippen MR) is 115 cm³/mol.